The summed E-state index contributed by atoms with van der Waals surface area (Å²) < 4.78 is 5.72. The summed E-state index contributed by atoms with van der Waals surface area (Å²) >= 11 is 18.4. The Kier molecular flexibility index (Phi) is 10.3. The molecule has 5 nitrogen and oxygen atoms in total. The van der Waals surface area contributed by atoms with E-state index in [4.69, 9.17) is 39.5 Å². The summed E-state index contributed by atoms with van der Waals surface area (Å²) in [6.07, 6.45) is 1.07. The van der Waals surface area contributed by atoms with Crippen LogP contribution in [0.1, 0.15) is 24.0 Å². The number of carbonyl (C=O) groups excluding carboxylic acids is 2. The van der Waals surface area contributed by atoms with Gasteiger partial charge in [-0.05, 0) is 53.9 Å². The van der Waals surface area contributed by atoms with E-state index in [2.05, 4.69) is 5.32 Å². The maximum absolute atomic E-state index is 13.4. The van der Waals surface area contributed by atoms with Gasteiger partial charge in [-0.15, -0.1) is 0 Å². The first kappa shape index (κ1) is 26.9. The number of benzene rings is 3. The molecule has 3 rings (SSSR count). The normalized spacial score (nSPS) is 11.5. The Labute approximate surface area is 220 Å². The molecule has 1 atom stereocenters. The molecule has 0 saturated carbocycles. The zero-order valence-corrected chi connectivity index (χ0v) is 21.6. The number of likely N-dealkylation sites (N-methyl/N-ethyl adjacent to an activating group) is 1. The predicted octanol–water partition coefficient (Wildman–Crippen LogP) is 6.19. The number of hydrogen-bond acceptors (Lipinski definition) is 3. The van der Waals surface area contributed by atoms with Crippen LogP contribution < -0.4 is 10.1 Å². The van der Waals surface area contributed by atoms with E-state index < -0.39 is 6.04 Å². The molecule has 0 spiro atoms. The van der Waals surface area contributed by atoms with Gasteiger partial charge in [-0.2, -0.15) is 0 Å². The van der Waals surface area contributed by atoms with Crippen molar-refractivity contribution in [2.24, 2.45) is 0 Å². The molecule has 0 aliphatic heterocycles. The average Bonchev–Trinajstić information content (AvgIpc) is 2.86. The third kappa shape index (κ3) is 8.17. The molecule has 0 aliphatic carbocycles. The van der Waals surface area contributed by atoms with E-state index in [1.165, 1.54) is 0 Å². The zero-order chi connectivity index (χ0) is 25.2. The van der Waals surface area contributed by atoms with Crippen molar-refractivity contribution in [2.75, 3.05) is 13.7 Å². The molecule has 0 bridgehead atoms. The van der Waals surface area contributed by atoms with E-state index in [1.54, 1.807) is 54.4 Å². The first-order valence-corrected chi connectivity index (χ1v) is 12.4. The molecule has 0 heterocycles. The van der Waals surface area contributed by atoms with E-state index >= 15 is 0 Å². The Morgan fingerprint density at radius 3 is 2.29 bits per heavy atom. The Bertz CT molecular complexity index is 1120. The van der Waals surface area contributed by atoms with Crippen molar-refractivity contribution in [3.63, 3.8) is 0 Å². The van der Waals surface area contributed by atoms with Gasteiger partial charge in [0.2, 0.25) is 11.8 Å². The number of ether oxygens (including phenoxy) is 1. The number of rotatable bonds is 11. The van der Waals surface area contributed by atoms with Gasteiger partial charge in [0.15, 0.2) is 0 Å². The lowest BCUT2D eigenvalue weighted by Gasteiger charge is -2.31. The van der Waals surface area contributed by atoms with Gasteiger partial charge >= 0.3 is 0 Å². The minimum atomic E-state index is -0.709. The Morgan fingerprint density at radius 1 is 0.943 bits per heavy atom. The molecular weight excluding hydrogens is 507 g/mol. The number of halogens is 3. The lowest BCUT2D eigenvalue weighted by molar-refractivity contribution is -0.141. The van der Waals surface area contributed by atoms with Gasteiger partial charge in [0.1, 0.15) is 11.8 Å². The van der Waals surface area contributed by atoms with Crippen molar-refractivity contribution in [1.29, 1.82) is 0 Å². The molecule has 0 aliphatic rings. The quantitative estimate of drug-likeness (QED) is 0.299. The summed E-state index contributed by atoms with van der Waals surface area (Å²) in [6, 6.07) is 21.1. The number of amides is 2. The fourth-order valence-corrected chi connectivity index (χ4v) is 4.24. The highest BCUT2D eigenvalue weighted by Gasteiger charge is 2.30. The van der Waals surface area contributed by atoms with Gasteiger partial charge in [-0.25, -0.2) is 0 Å². The Morgan fingerprint density at radius 2 is 1.63 bits per heavy atom. The van der Waals surface area contributed by atoms with Crippen LogP contribution in [0.5, 0.6) is 5.75 Å². The highest BCUT2D eigenvalue weighted by Crippen LogP contribution is 2.24. The second-order valence-corrected chi connectivity index (χ2v) is 9.26. The van der Waals surface area contributed by atoms with Crippen molar-refractivity contribution in [3.05, 3.63) is 99.0 Å². The van der Waals surface area contributed by atoms with Gasteiger partial charge < -0.3 is 15.0 Å². The number of nitrogens with zero attached hydrogens (tertiary/aromatic N) is 1. The van der Waals surface area contributed by atoms with E-state index in [9.17, 15) is 9.59 Å². The standard InChI is InChI=1S/C27H27Cl3N2O3/c1-31-27(34)25(16-19-6-3-2-4-7-19)32(18-20-9-10-22(29)17-24(20)30)26(33)8-5-15-35-23-13-11-21(28)12-14-23/h2-4,6-7,9-14,17,25H,5,8,15-16,18H2,1H3,(H,31,34). The molecule has 3 aromatic rings. The zero-order valence-electron chi connectivity index (χ0n) is 19.3. The second-order valence-electron chi connectivity index (χ2n) is 7.98. The molecule has 2 amide bonds. The molecule has 8 heteroatoms. The molecular formula is C27H27Cl3N2O3. The summed E-state index contributed by atoms with van der Waals surface area (Å²) in [4.78, 5) is 28.0. The van der Waals surface area contributed by atoms with Crippen LogP contribution in [0, 0.1) is 0 Å². The summed E-state index contributed by atoms with van der Waals surface area (Å²) in [5.74, 6) is 0.268. The van der Waals surface area contributed by atoms with Crippen LogP contribution >= 0.6 is 34.8 Å². The Hall–Kier alpha value is -2.73. The monoisotopic (exact) mass is 532 g/mol. The van der Waals surface area contributed by atoms with Crippen LogP contribution in [-0.2, 0) is 22.6 Å². The van der Waals surface area contributed by atoms with Gasteiger partial charge in [-0.1, -0.05) is 71.2 Å². The van der Waals surface area contributed by atoms with Crippen LogP contribution in [0.15, 0.2) is 72.8 Å². The smallest absolute Gasteiger partial charge is 0.242 e. The maximum atomic E-state index is 13.4. The minimum absolute atomic E-state index is 0.166. The third-order valence-electron chi connectivity index (χ3n) is 5.49. The van der Waals surface area contributed by atoms with Crippen molar-refractivity contribution < 1.29 is 14.3 Å². The molecule has 0 fully saturated rings. The van der Waals surface area contributed by atoms with Crippen molar-refractivity contribution in [1.82, 2.24) is 10.2 Å². The molecule has 1 unspecified atom stereocenters. The summed E-state index contributed by atoms with van der Waals surface area (Å²) in [7, 11) is 1.57. The minimum Gasteiger partial charge on any atom is -0.494 e. The number of hydrogen-bond donors (Lipinski definition) is 1. The van der Waals surface area contributed by atoms with Gasteiger partial charge in [0, 0.05) is 41.5 Å². The van der Waals surface area contributed by atoms with Gasteiger partial charge in [0.25, 0.3) is 0 Å². The van der Waals surface area contributed by atoms with E-state index in [-0.39, 0.29) is 24.8 Å². The molecule has 0 saturated heterocycles. The summed E-state index contributed by atoms with van der Waals surface area (Å²) in [6.45, 7) is 0.532. The van der Waals surface area contributed by atoms with Crippen molar-refractivity contribution in [3.8, 4) is 5.75 Å². The topological polar surface area (TPSA) is 58.6 Å². The Balaban J connectivity index is 1.77. The van der Waals surface area contributed by atoms with Crippen molar-refractivity contribution >= 4 is 46.6 Å². The van der Waals surface area contributed by atoms with Crippen LogP contribution in [0.25, 0.3) is 0 Å². The van der Waals surface area contributed by atoms with Crippen LogP contribution in [0.3, 0.4) is 0 Å². The van der Waals surface area contributed by atoms with Gasteiger partial charge in [-0.3, -0.25) is 9.59 Å². The highest BCUT2D eigenvalue weighted by molar-refractivity contribution is 6.35. The first-order valence-electron chi connectivity index (χ1n) is 11.2. The molecule has 1 N–H and O–H groups in total. The fourth-order valence-electron chi connectivity index (χ4n) is 3.64. The highest BCUT2D eigenvalue weighted by atomic mass is 35.5. The largest absolute Gasteiger partial charge is 0.494 e. The van der Waals surface area contributed by atoms with Crippen LogP contribution in [-0.4, -0.2) is 36.4 Å². The summed E-state index contributed by atoms with van der Waals surface area (Å²) in [5, 5.41) is 4.27. The molecule has 0 radical (unpaired) electrons. The second kappa shape index (κ2) is 13.4. The average molecular weight is 534 g/mol. The number of carbonyl (C=O) groups is 2. The fraction of sp³-hybridized carbons (Fsp3) is 0.259. The van der Waals surface area contributed by atoms with E-state index in [0.29, 0.717) is 45.8 Å². The first-order chi connectivity index (χ1) is 16.9. The lowest BCUT2D eigenvalue weighted by Crippen LogP contribution is -2.49. The maximum Gasteiger partial charge on any atom is 0.242 e. The van der Waals surface area contributed by atoms with E-state index in [0.717, 1.165) is 5.56 Å². The molecule has 184 valence electrons. The third-order valence-corrected chi connectivity index (χ3v) is 6.33. The molecule has 0 aromatic heterocycles. The molecule has 35 heavy (non-hydrogen) atoms. The predicted molar refractivity (Wildman–Crippen MR) is 141 cm³/mol. The summed E-state index contributed by atoms with van der Waals surface area (Å²) in [5.41, 5.74) is 1.66. The van der Waals surface area contributed by atoms with Crippen molar-refractivity contribution in [2.45, 2.75) is 31.8 Å². The number of nitrogens with one attached hydrogen (secondary N) is 1. The van der Waals surface area contributed by atoms with E-state index in [1.807, 2.05) is 30.3 Å². The SMILES string of the molecule is CNC(=O)C(Cc1ccccc1)N(Cc1ccc(Cl)cc1Cl)C(=O)CCCOc1ccc(Cl)cc1. The lowest BCUT2D eigenvalue weighted by atomic mass is 10.0. The molecule has 3 aromatic carbocycles. The van der Waals surface area contributed by atoms with Crippen LogP contribution in [0.4, 0.5) is 0 Å². The van der Waals surface area contributed by atoms with Crippen LogP contribution in [0.2, 0.25) is 15.1 Å². The van der Waals surface area contributed by atoms with Gasteiger partial charge in [0.05, 0.1) is 6.61 Å².